The second-order valence-electron chi connectivity index (χ2n) is 4.59. The molecule has 1 aromatic rings. The first kappa shape index (κ1) is 12.7. The number of hydrogen-bond acceptors (Lipinski definition) is 2. The lowest BCUT2D eigenvalue weighted by Gasteiger charge is -2.22. The second-order valence-corrected chi connectivity index (χ2v) is 4.59. The molecular weight excluding hydrogens is 211 g/mol. The molecule has 1 heterocycles. The molecule has 1 unspecified atom stereocenters. The van der Waals surface area contributed by atoms with Gasteiger partial charge in [-0.1, -0.05) is 36.6 Å². The normalized spacial score (nSPS) is 20.2. The molecule has 17 heavy (non-hydrogen) atoms. The fourth-order valence-corrected chi connectivity index (χ4v) is 2.09. The average molecular weight is 232 g/mol. The van der Waals surface area contributed by atoms with Crippen LogP contribution in [0.3, 0.4) is 0 Å². The zero-order valence-electron chi connectivity index (χ0n) is 10.7. The van der Waals surface area contributed by atoms with Crippen molar-refractivity contribution >= 4 is 12.7 Å². The fraction of sp³-hybridized carbons (Fsp3) is 0.571. The lowest BCUT2D eigenvalue weighted by Crippen LogP contribution is -2.23. The molecule has 1 atom stereocenters. The van der Waals surface area contributed by atoms with Crippen molar-refractivity contribution in [3.8, 4) is 0 Å². The summed E-state index contributed by atoms with van der Waals surface area (Å²) in [6.45, 7) is 3.80. The van der Waals surface area contributed by atoms with Gasteiger partial charge in [0.15, 0.2) is 13.6 Å². The summed E-state index contributed by atoms with van der Waals surface area (Å²) in [4.78, 5) is 0. The van der Waals surface area contributed by atoms with E-state index in [1.165, 1.54) is 23.9 Å². The maximum absolute atomic E-state index is 5.72. The summed E-state index contributed by atoms with van der Waals surface area (Å²) < 4.78 is 11.3. The molecule has 1 saturated heterocycles. The fourth-order valence-electron chi connectivity index (χ4n) is 2.09. The lowest BCUT2D eigenvalue weighted by molar-refractivity contribution is -0.161. The molecule has 0 aliphatic carbocycles. The molecule has 0 N–H and O–H groups in total. The Morgan fingerprint density at radius 1 is 1.29 bits per heavy atom. The van der Waals surface area contributed by atoms with E-state index in [4.69, 9.17) is 9.47 Å². The van der Waals surface area contributed by atoms with Crippen LogP contribution in [0, 0.1) is 0 Å². The highest BCUT2D eigenvalue weighted by atomic mass is 16.7. The third-order valence-corrected chi connectivity index (χ3v) is 3.26. The molecule has 1 aromatic carbocycles. The minimum Gasteiger partial charge on any atom is -0.353 e. The van der Waals surface area contributed by atoms with Gasteiger partial charge in [0.25, 0.3) is 0 Å². The molecule has 1 aliphatic rings. The minimum absolute atomic E-state index is 0.0404. The van der Waals surface area contributed by atoms with Gasteiger partial charge in [0, 0.05) is 6.61 Å². The van der Waals surface area contributed by atoms with Crippen molar-refractivity contribution in [2.24, 2.45) is 0 Å². The van der Waals surface area contributed by atoms with Gasteiger partial charge in [-0.05, 0) is 31.2 Å². The number of ether oxygens (including phenoxy) is 2. The Bertz CT molecular complexity index is 317. The Hall–Kier alpha value is -0.795. The van der Waals surface area contributed by atoms with Gasteiger partial charge in [-0.15, -0.1) is 0 Å². The number of hydrogen-bond donors (Lipinski definition) is 0. The molecule has 1 fully saturated rings. The van der Waals surface area contributed by atoms with Gasteiger partial charge in [-0.3, -0.25) is 0 Å². The predicted octanol–water partition coefficient (Wildman–Crippen LogP) is 1.88. The lowest BCUT2D eigenvalue weighted by atomic mass is 9.73. The summed E-state index contributed by atoms with van der Waals surface area (Å²) in [6, 6.07) is 8.80. The Morgan fingerprint density at radius 2 is 2.12 bits per heavy atom. The van der Waals surface area contributed by atoms with Gasteiger partial charge in [0.2, 0.25) is 0 Å². The van der Waals surface area contributed by atoms with Gasteiger partial charge >= 0.3 is 0 Å². The molecule has 0 aromatic heterocycles. The monoisotopic (exact) mass is 232 g/mol. The van der Waals surface area contributed by atoms with Crippen LogP contribution in [0.1, 0.15) is 24.8 Å². The zero-order valence-corrected chi connectivity index (χ0v) is 10.7. The molecule has 2 nitrogen and oxygen atoms in total. The molecule has 0 spiro atoms. The quantitative estimate of drug-likeness (QED) is 0.721. The molecule has 92 valence electrons. The predicted molar refractivity (Wildman–Crippen MR) is 72.3 cm³/mol. The molecule has 3 heteroatoms. The smallest absolute Gasteiger partial charge is 0.157 e. The molecule has 0 radical (unpaired) electrons. The minimum atomic E-state index is 0.0404. The molecule has 2 rings (SSSR count). The van der Waals surface area contributed by atoms with Crippen molar-refractivity contribution < 1.29 is 9.47 Å². The highest BCUT2D eigenvalue weighted by molar-refractivity contribution is 6.51. The van der Waals surface area contributed by atoms with E-state index in [-0.39, 0.29) is 6.29 Å². The third kappa shape index (κ3) is 4.17. The third-order valence-electron chi connectivity index (χ3n) is 3.26. The van der Waals surface area contributed by atoms with Crippen LogP contribution in [0.25, 0.3) is 0 Å². The van der Waals surface area contributed by atoms with Gasteiger partial charge in [0.1, 0.15) is 0 Å². The van der Waals surface area contributed by atoms with E-state index < -0.39 is 0 Å². The van der Waals surface area contributed by atoms with Crippen LogP contribution in [0.4, 0.5) is 0 Å². The van der Waals surface area contributed by atoms with Crippen molar-refractivity contribution in [2.45, 2.75) is 38.8 Å². The molecule has 0 bridgehead atoms. The van der Waals surface area contributed by atoms with Crippen molar-refractivity contribution in [1.82, 2.24) is 0 Å². The maximum atomic E-state index is 5.72. The Balaban J connectivity index is 1.69. The topological polar surface area (TPSA) is 18.5 Å². The molecule has 0 amide bonds. The first-order valence-electron chi connectivity index (χ1n) is 6.69. The Kier molecular flexibility index (Phi) is 5.08. The van der Waals surface area contributed by atoms with E-state index in [0.717, 1.165) is 33.3 Å². The van der Waals surface area contributed by atoms with E-state index >= 15 is 0 Å². The van der Waals surface area contributed by atoms with E-state index in [1.54, 1.807) is 0 Å². The zero-order chi connectivity index (χ0) is 11.9. The van der Waals surface area contributed by atoms with E-state index in [0.29, 0.717) is 0 Å². The Labute approximate surface area is 105 Å². The second kappa shape index (κ2) is 6.82. The largest absolute Gasteiger partial charge is 0.353 e. The highest BCUT2D eigenvalue weighted by Crippen LogP contribution is 2.13. The van der Waals surface area contributed by atoms with Gasteiger partial charge in [-0.25, -0.2) is 0 Å². The van der Waals surface area contributed by atoms with Crippen LogP contribution in [-0.2, 0) is 15.9 Å². The highest BCUT2D eigenvalue weighted by Gasteiger charge is 2.13. The van der Waals surface area contributed by atoms with Crippen molar-refractivity contribution in [1.29, 1.82) is 0 Å². The SMILES string of the molecule is CBc1ccc(CCOC2CCCCO2)cc1. The summed E-state index contributed by atoms with van der Waals surface area (Å²) in [6.07, 6.45) is 4.48. The molecule has 0 saturated carbocycles. The molecular formula is C14H21BO2. The average Bonchev–Trinajstić information content (AvgIpc) is 2.41. The number of benzene rings is 1. The van der Waals surface area contributed by atoms with Crippen LogP contribution >= 0.6 is 0 Å². The maximum Gasteiger partial charge on any atom is 0.157 e. The van der Waals surface area contributed by atoms with Gasteiger partial charge in [-0.2, -0.15) is 0 Å². The van der Waals surface area contributed by atoms with Crippen LogP contribution in [-0.4, -0.2) is 26.8 Å². The summed E-state index contributed by atoms with van der Waals surface area (Å²) in [5, 5.41) is 0. The first-order chi connectivity index (χ1) is 8.38. The van der Waals surface area contributed by atoms with Crippen molar-refractivity contribution in [3.05, 3.63) is 29.8 Å². The number of rotatable bonds is 5. The van der Waals surface area contributed by atoms with Crippen molar-refractivity contribution in [3.63, 3.8) is 0 Å². The van der Waals surface area contributed by atoms with E-state index in [1.807, 2.05) is 0 Å². The summed E-state index contributed by atoms with van der Waals surface area (Å²) in [7, 11) is 1.10. The van der Waals surface area contributed by atoms with Crippen LogP contribution < -0.4 is 5.46 Å². The van der Waals surface area contributed by atoms with Gasteiger partial charge < -0.3 is 9.47 Å². The molecule has 1 aliphatic heterocycles. The standard InChI is InChI=1S/C14H21BO2/c1-15-13-7-5-12(6-8-13)9-11-17-14-4-2-3-10-16-14/h5-8,14-15H,2-4,9-11H2,1H3. The van der Waals surface area contributed by atoms with Crippen LogP contribution in [0.2, 0.25) is 6.82 Å². The van der Waals surface area contributed by atoms with Crippen molar-refractivity contribution in [2.75, 3.05) is 13.2 Å². The van der Waals surface area contributed by atoms with Crippen LogP contribution in [0.5, 0.6) is 0 Å². The Morgan fingerprint density at radius 3 is 2.76 bits per heavy atom. The summed E-state index contributed by atoms with van der Waals surface area (Å²) >= 11 is 0. The first-order valence-corrected chi connectivity index (χ1v) is 6.69. The summed E-state index contributed by atoms with van der Waals surface area (Å²) in [5.74, 6) is 0. The van der Waals surface area contributed by atoms with Gasteiger partial charge in [0.05, 0.1) is 6.61 Å². The summed E-state index contributed by atoms with van der Waals surface area (Å²) in [5.41, 5.74) is 2.74. The van der Waals surface area contributed by atoms with E-state index in [9.17, 15) is 0 Å². The van der Waals surface area contributed by atoms with Crippen LogP contribution in [0.15, 0.2) is 24.3 Å². The van der Waals surface area contributed by atoms with E-state index in [2.05, 4.69) is 31.1 Å².